The van der Waals surface area contributed by atoms with Crippen LogP contribution < -0.4 is 5.32 Å². The maximum absolute atomic E-state index is 13.4. The van der Waals surface area contributed by atoms with Gasteiger partial charge in [-0.2, -0.15) is 5.10 Å². The van der Waals surface area contributed by atoms with E-state index in [2.05, 4.69) is 53.4 Å². The Morgan fingerprint density at radius 3 is 2.27 bits per heavy atom. The molecule has 2 aliphatic heterocycles. The number of anilines is 1. The molecule has 7 heteroatoms. The molecule has 0 saturated carbocycles. The number of amides is 2. The molecule has 3 aromatic rings. The van der Waals surface area contributed by atoms with Crippen LogP contribution in [0.3, 0.4) is 0 Å². The maximum atomic E-state index is 13.4. The fraction of sp³-hybridized carbons (Fsp3) is 0.485. The van der Waals surface area contributed by atoms with E-state index in [1.54, 1.807) is 0 Å². The minimum atomic E-state index is 0.0274. The van der Waals surface area contributed by atoms with Gasteiger partial charge < -0.3 is 15.1 Å². The molecule has 2 fully saturated rings. The van der Waals surface area contributed by atoms with Gasteiger partial charge in [0, 0.05) is 55.6 Å². The van der Waals surface area contributed by atoms with Crippen molar-refractivity contribution < 1.29 is 9.59 Å². The lowest BCUT2D eigenvalue weighted by Gasteiger charge is -2.33. The monoisotopic (exact) mass is 541 g/mol. The summed E-state index contributed by atoms with van der Waals surface area (Å²) in [5, 5.41) is 7.41. The van der Waals surface area contributed by atoms with E-state index in [4.69, 9.17) is 0 Å². The summed E-state index contributed by atoms with van der Waals surface area (Å²) in [5.41, 5.74) is 6.00. The van der Waals surface area contributed by atoms with Gasteiger partial charge in [-0.1, -0.05) is 44.2 Å². The SMILES string of the molecule is Cc1ccc(C(=O)N2CCC(c3ccc(-c4cnn(C)c4)cc3)CC2)cc1NC(=O)C1CCN(CC(C)C)CC1. The van der Waals surface area contributed by atoms with Crippen LogP contribution in [0.25, 0.3) is 11.1 Å². The molecular formula is C33H43N5O2. The third kappa shape index (κ3) is 6.64. The predicted octanol–water partition coefficient (Wildman–Crippen LogP) is 5.72. The van der Waals surface area contributed by atoms with Crippen LogP contribution in [0.15, 0.2) is 54.9 Å². The van der Waals surface area contributed by atoms with Gasteiger partial charge in [-0.3, -0.25) is 14.3 Å². The van der Waals surface area contributed by atoms with Crippen LogP contribution in [0.1, 0.15) is 66.9 Å². The highest BCUT2D eigenvalue weighted by molar-refractivity contribution is 5.98. The first-order chi connectivity index (χ1) is 19.3. The molecule has 5 rings (SSSR count). The molecule has 0 bridgehead atoms. The highest BCUT2D eigenvalue weighted by atomic mass is 16.2. The summed E-state index contributed by atoms with van der Waals surface area (Å²) in [6.45, 7) is 11.0. The molecule has 7 nitrogen and oxygen atoms in total. The summed E-state index contributed by atoms with van der Waals surface area (Å²) in [6, 6.07) is 14.5. The van der Waals surface area contributed by atoms with Crippen LogP contribution >= 0.6 is 0 Å². The van der Waals surface area contributed by atoms with Crippen LogP contribution in [0.4, 0.5) is 5.69 Å². The van der Waals surface area contributed by atoms with E-state index in [9.17, 15) is 9.59 Å². The highest BCUT2D eigenvalue weighted by Gasteiger charge is 2.27. The Balaban J connectivity index is 1.15. The van der Waals surface area contributed by atoms with Gasteiger partial charge in [0.15, 0.2) is 0 Å². The van der Waals surface area contributed by atoms with E-state index >= 15 is 0 Å². The molecule has 2 saturated heterocycles. The quantitative estimate of drug-likeness (QED) is 0.415. The van der Waals surface area contributed by atoms with Crippen molar-refractivity contribution in [3.05, 3.63) is 71.5 Å². The van der Waals surface area contributed by atoms with Gasteiger partial charge in [0.2, 0.25) is 5.91 Å². The fourth-order valence-corrected chi connectivity index (χ4v) is 6.14. The second-order valence-corrected chi connectivity index (χ2v) is 12.1. The Hall–Kier alpha value is -3.45. The van der Waals surface area contributed by atoms with E-state index in [0.29, 0.717) is 17.4 Å². The largest absolute Gasteiger partial charge is 0.339 e. The normalized spacial score (nSPS) is 17.4. The Morgan fingerprint density at radius 1 is 0.950 bits per heavy atom. The Morgan fingerprint density at radius 2 is 1.65 bits per heavy atom. The predicted molar refractivity (Wildman–Crippen MR) is 160 cm³/mol. The maximum Gasteiger partial charge on any atom is 0.253 e. The number of aromatic nitrogens is 2. The molecule has 3 heterocycles. The number of hydrogen-bond acceptors (Lipinski definition) is 4. The molecule has 0 aliphatic carbocycles. The Labute approximate surface area is 238 Å². The lowest BCUT2D eigenvalue weighted by Crippen LogP contribution is -2.39. The van der Waals surface area contributed by atoms with Crippen molar-refractivity contribution in [1.82, 2.24) is 19.6 Å². The smallest absolute Gasteiger partial charge is 0.253 e. The summed E-state index contributed by atoms with van der Waals surface area (Å²) < 4.78 is 1.82. The summed E-state index contributed by atoms with van der Waals surface area (Å²) in [5.74, 6) is 1.24. The molecule has 1 aromatic heterocycles. The number of nitrogens with zero attached hydrogens (tertiary/aromatic N) is 4. The second-order valence-electron chi connectivity index (χ2n) is 12.1. The fourth-order valence-electron chi connectivity index (χ4n) is 6.14. The van der Waals surface area contributed by atoms with Gasteiger partial charge in [0.05, 0.1) is 6.20 Å². The molecule has 2 aliphatic rings. The zero-order valence-electron chi connectivity index (χ0n) is 24.4. The number of hydrogen-bond donors (Lipinski definition) is 1. The molecule has 2 amide bonds. The number of likely N-dealkylation sites (tertiary alicyclic amines) is 2. The minimum absolute atomic E-state index is 0.0274. The van der Waals surface area contributed by atoms with E-state index in [0.717, 1.165) is 75.2 Å². The van der Waals surface area contributed by atoms with Crippen molar-refractivity contribution in [3.8, 4) is 11.1 Å². The molecule has 212 valence electrons. The number of aryl methyl sites for hydroxylation is 2. The van der Waals surface area contributed by atoms with Crippen molar-refractivity contribution in [1.29, 1.82) is 0 Å². The first-order valence-electron chi connectivity index (χ1n) is 14.8. The van der Waals surface area contributed by atoms with E-state index in [-0.39, 0.29) is 17.7 Å². The van der Waals surface area contributed by atoms with Gasteiger partial charge >= 0.3 is 0 Å². The van der Waals surface area contributed by atoms with Gasteiger partial charge in [0.1, 0.15) is 0 Å². The average Bonchev–Trinajstić information content (AvgIpc) is 3.40. The van der Waals surface area contributed by atoms with Gasteiger partial charge in [-0.25, -0.2) is 0 Å². The molecule has 0 radical (unpaired) electrons. The van der Waals surface area contributed by atoms with Crippen molar-refractivity contribution in [3.63, 3.8) is 0 Å². The van der Waals surface area contributed by atoms with Crippen LogP contribution in [0, 0.1) is 18.8 Å². The third-order valence-electron chi connectivity index (χ3n) is 8.53. The summed E-state index contributed by atoms with van der Waals surface area (Å²) in [7, 11) is 1.93. The van der Waals surface area contributed by atoms with Crippen LogP contribution in [0.2, 0.25) is 0 Å². The lowest BCUT2D eigenvalue weighted by atomic mass is 9.88. The van der Waals surface area contributed by atoms with Crippen LogP contribution in [-0.2, 0) is 11.8 Å². The first kappa shape index (κ1) is 28.1. The summed E-state index contributed by atoms with van der Waals surface area (Å²) >= 11 is 0. The van der Waals surface area contributed by atoms with Gasteiger partial charge in [-0.05, 0) is 86.4 Å². The molecule has 2 aromatic carbocycles. The minimum Gasteiger partial charge on any atom is -0.339 e. The number of rotatable bonds is 7. The van der Waals surface area contributed by atoms with Crippen molar-refractivity contribution in [2.45, 2.75) is 52.4 Å². The first-order valence-corrected chi connectivity index (χ1v) is 14.8. The second kappa shape index (κ2) is 12.4. The Kier molecular flexibility index (Phi) is 8.69. The molecule has 0 atom stereocenters. The molecular weight excluding hydrogens is 498 g/mol. The van der Waals surface area contributed by atoms with Crippen molar-refractivity contribution >= 4 is 17.5 Å². The number of carbonyl (C=O) groups excluding carboxylic acids is 2. The van der Waals surface area contributed by atoms with Crippen LogP contribution in [-0.4, -0.2) is 64.1 Å². The van der Waals surface area contributed by atoms with E-state index in [1.165, 1.54) is 11.1 Å². The average molecular weight is 542 g/mol. The van der Waals surface area contributed by atoms with E-state index < -0.39 is 0 Å². The van der Waals surface area contributed by atoms with Crippen molar-refractivity contribution in [2.24, 2.45) is 18.9 Å². The number of nitrogens with one attached hydrogen (secondary N) is 1. The number of piperidine rings is 2. The van der Waals surface area contributed by atoms with Crippen LogP contribution in [0.5, 0.6) is 0 Å². The highest BCUT2D eigenvalue weighted by Crippen LogP contribution is 2.31. The number of benzene rings is 2. The molecule has 0 unspecified atom stereocenters. The zero-order chi connectivity index (χ0) is 28.2. The molecule has 0 spiro atoms. The van der Waals surface area contributed by atoms with Crippen molar-refractivity contribution in [2.75, 3.05) is 38.0 Å². The lowest BCUT2D eigenvalue weighted by molar-refractivity contribution is -0.121. The van der Waals surface area contributed by atoms with E-state index in [1.807, 2.05) is 54.1 Å². The number of carbonyl (C=O) groups is 2. The van der Waals surface area contributed by atoms with Gasteiger partial charge in [0.25, 0.3) is 5.91 Å². The molecule has 1 N–H and O–H groups in total. The standard InChI is InChI=1S/C33H43N5O2/c1-23(2)21-37-15-11-28(12-16-37)32(39)35-31-19-29(6-5-24(31)3)33(40)38-17-13-27(14-18-38)25-7-9-26(10-8-25)30-20-34-36(4)22-30/h5-10,19-20,22-23,27-28H,11-18,21H2,1-4H3,(H,35,39). The zero-order valence-corrected chi connectivity index (χ0v) is 24.4. The Bertz CT molecular complexity index is 1310. The summed E-state index contributed by atoms with van der Waals surface area (Å²) in [6.07, 6.45) is 7.58. The third-order valence-corrected chi connectivity index (χ3v) is 8.53. The molecule has 40 heavy (non-hydrogen) atoms. The van der Waals surface area contributed by atoms with Gasteiger partial charge in [-0.15, -0.1) is 0 Å². The topological polar surface area (TPSA) is 70.5 Å². The summed E-state index contributed by atoms with van der Waals surface area (Å²) in [4.78, 5) is 30.9.